The van der Waals surface area contributed by atoms with Gasteiger partial charge in [-0.15, -0.1) is 0 Å². The van der Waals surface area contributed by atoms with Gasteiger partial charge < -0.3 is 10.2 Å². The van der Waals surface area contributed by atoms with Crippen LogP contribution >= 0.6 is 11.6 Å². The molecule has 2 aliphatic rings. The Morgan fingerprint density at radius 1 is 1.03 bits per heavy atom. The second-order valence-corrected chi connectivity index (χ2v) is 9.10. The van der Waals surface area contributed by atoms with Gasteiger partial charge in [-0.2, -0.15) is 0 Å². The molecule has 0 saturated carbocycles. The predicted molar refractivity (Wildman–Crippen MR) is 115 cm³/mol. The molecular weight excluding hydrogens is 384 g/mol. The molecule has 0 bridgehead atoms. The number of hydrogen-bond acceptors (Lipinski definition) is 2. The highest BCUT2D eigenvalue weighted by Gasteiger charge is 2.45. The van der Waals surface area contributed by atoms with Gasteiger partial charge in [0.1, 0.15) is 12.1 Å². The highest BCUT2D eigenvalue weighted by molar-refractivity contribution is 6.30. The molecule has 1 N–H and O–H groups in total. The highest BCUT2D eigenvalue weighted by Crippen LogP contribution is 2.32. The molecule has 4 rings (SSSR count). The van der Waals surface area contributed by atoms with E-state index in [0.29, 0.717) is 23.9 Å². The number of nitrogens with one attached hydrogen (secondary N) is 1. The van der Waals surface area contributed by atoms with Gasteiger partial charge in [0.25, 0.3) is 0 Å². The Labute approximate surface area is 177 Å². The normalized spacial score (nSPS) is 22.1. The van der Waals surface area contributed by atoms with Gasteiger partial charge >= 0.3 is 0 Å². The average Bonchev–Trinajstić information content (AvgIpc) is 3.12. The first kappa shape index (κ1) is 20.0. The molecule has 1 saturated heterocycles. The van der Waals surface area contributed by atoms with Crippen LogP contribution in [0.15, 0.2) is 48.5 Å². The van der Waals surface area contributed by atoms with Crippen molar-refractivity contribution in [3.8, 4) is 0 Å². The van der Waals surface area contributed by atoms with Gasteiger partial charge in [0.15, 0.2) is 0 Å². The van der Waals surface area contributed by atoms with E-state index in [2.05, 4.69) is 31.3 Å². The number of carbonyl (C=O) groups excluding carboxylic acids is 2. The largest absolute Gasteiger partial charge is 0.342 e. The monoisotopic (exact) mass is 410 g/mol. The molecule has 2 unspecified atom stereocenters. The number of hydrogen-bond donors (Lipinski definition) is 1. The third-order valence-electron chi connectivity index (χ3n) is 6.04. The molecule has 1 heterocycles. The van der Waals surface area contributed by atoms with Crippen LogP contribution < -0.4 is 5.32 Å². The van der Waals surface area contributed by atoms with Crippen molar-refractivity contribution < 1.29 is 9.59 Å². The Kier molecular flexibility index (Phi) is 5.64. The molecule has 1 aliphatic carbocycles. The minimum atomic E-state index is -0.467. The van der Waals surface area contributed by atoms with Gasteiger partial charge in [0, 0.05) is 11.6 Å². The maximum absolute atomic E-state index is 13.6. The van der Waals surface area contributed by atoms with Gasteiger partial charge in [0.05, 0.1) is 0 Å². The van der Waals surface area contributed by atoms with E-state index in [1.54, 1.807) is 4.90 Å². The SMILES string of the molecule is CC(C)CC1C(=O)NC(C2Cc3ccccc3C2)C(=O)N1Cc1ccc(Cl)cc1. The van der Waals surface area contributed by atoms with Crippen LogP contribution in [0.4, 0.5) is 0 Å². The first-order valence-electron chi connectivity index (χ1n) is 10.3. The fourth-order valence-electron chi connectivity index (χ4n) is 4.59. The summed E-state index contributed by atoms with van der Waals surface area (Å²) in [6.45, 7) is 4.59. The van der Waals surface area contributed by atoms with Crippen LogP contribution in [0.25, 0.3) is 0 Å². The zero-order valence-corrected chi connectivity index (χ0v) is 17.7. The van der Waals surface area contributed by atoms with Crippen molar-refractivity contribution in [3.05, 3.63) is 70.2 Å². The summed E-state index contributed by atoms with van der Waals surface area (Å²) in [5.41, 5.74) is 3.56. The quantitative estimate of drug-likeness (QED) is 0.810. The van der Waals surface area contributed by atoms with Crippen LogP contribution in [-0.2, 0) is 29.0 Å². The minimum Gasteiger partial charge on any atom is -0.342 e. The number of amides is 2. The summed E-state index contributed by atoms with van der Waals surface area (Å²) in [5.74, 6) is 0.423. The van der Waals surface area contributed by atoms with Crippen molar-refractivity contribution in [3.63, 3.8) is 0 Å². The van der Waals surface area contributed by atoms with Crippen molar-refractivity contribution >= 4 is 23.4 Å². The molecule has 4 nitrogen and oxygen atoms in total. The average molecular weight is 411 g/mol. The number of piperazine rings is 1. The van der Waals surface area contributed by atoms with Crippen LogP contribution in [0.5, 0.6) is 0 Å². The Bertz CT molecular complexity index is 884. The van der Waals surface area contributed by atoms with Gasteiger partial charge in [-0.1, -0.05) is 61.8 Å². The van der Waals surface area contributed by atoms with Crippen LogP contribution in [0, 0.1) is 11.8 Å². The van der Waals surface area contributed by atoms with E-state index in [-0.39, 0.29) is 17.7 Å². The maximum atomic E-state index is 13.6. The minimum absolute atomic E-state index is 0.0306. The van der Waals surface area contributed by atoms with E-state index in [0.717, 1.165) is 18.4 Å². The third-order valence-corrected chi connectivity index (χ3v) is 6.29. The molecule has 2 aromatic carbocycles. The second-order valence-electron chi connectivity index (χ2n) is 8.66. The number of rotatable bonds is 5. The molecule has 2 atom stereocenters. The van der Waals surface area contributed by atoms with Gasteiger partial charge in [-0.05, 0) is 59.9 Å². The lowest BCUT2D eigenvalue weighted by Gasteiger charge is -2.41. The molecule has 29 heavy (non-hydrogen) atoms. The summed E-state index contributed by atoms with van der Waals surface area (Å²) in [4.78, 5) is 28.4. The predicted octanol–water partition coefficient (Wildman–Crippen LogP) is 4.00. The van der Waals surface area contributed by atoms with Gasteiger partial charge in [-0.25, -0.2) is 0 Å². The van der Waals surface area contributed by atoms with E-state index >= 15 is 0 Å². The van der Waals surface area contributed by atoms with Crippen molar-refractivity contribution in [1.82, 2.24) is 10.2 Å². The molecule has 1 aliphatic heterocycles. The highest BCUT2D eigenvalue weighted by atomic mass is 35.5. The Morgan fingerprint density at radius 2 is 1.66 bits per heavy atom. The van der Waals surface area contributed by atoms with E-state index < -0.39 is 12.1 Å². The fourth-order valence-corrected chi connectivity index (χ4v) is 4.71. The van der Waals surface area contributed by atoms with E-state index in [4.69, 9.17) is 11.6 Å². The van der Waals surface area contributed by atoms with E-state index in [1.807, 2.05) is 36.4 Å². The number of halogens is 1. The zero-order chi connectivity index (χ0) is 20.5. The lowest BCUT2D eigenvalue weighted by atomic mass is 9.90. The Balaban J connectivity index is 1.59. The molecule has 2 amide bonds. The molecule has 5 heteroatoms. The molecular formula is C24H27ClN2O2. The molecule has 1 fully saturated rings. The van der Waals surface area contributed by atoms with Crippen molar-refractivity contribution in [2.45, 2.75) is 51.7 Å². The lowest BCUT2D eigenvalue weighted by molar-refractivity contribution is -0.152. The smallest absolute Gasteiger partial charge is 0.246 e. The van der Waals surface area contributed by atoms with Crippen LogP contribution in [-0.4, -0.2) is 28.8 Å². The summed E-state index contributed by atoms with van der Waals surface area (Å²) in [7, 11) is 0. The first-order valence-corrected chi connectivity index (χ1v) is 10.7. The van der Waals surface area contributed by atoms with Crippen molar-refractivity contribution in [1.29, 1.82) is 0 Å². The van der Waals surface area contributed by atoms with E-state index in [9.17, 15) is 9.59 Å². The van der Waals surface area contributed by atoms with Crippen LogP contribution in [0.3, 0.4) is 0 Å². The third kappa shape index (κ3) is 4.18. The summed E-state index contributed by atoms with van der Waals surface area (Å²) in [6.07, 6.45) is 2.32. The van der Waals surface area contributed by atoms with Gasteiger partial charge in [-0.3, -0.25) is 9.59 Å². The number of fused-ring (bicyclic) bond motifs is 1. The molecule has 0 radical (unpaired) electrons. The zero-order valence-electron chi connectivity index (χ0n) is 16.9. The van der Waals surface area contributed by atoms with Crippen molar-refractivity contribution in [2.75, 3.05) is 0 Å². The van der Waals surface area contributed by atoms with E-state index in [1.165, 1.54) is 11.1 Å². The topological polar surface area (TPSA) is 49.4 Å². The summed E-state index contributed by atoms with van der Waals surface area (Å²) in [5, 5.41) is 3.74. The summed E-state index contributed by atoms with van der Waals surface area (Å²) < 4.78 is 0. The molecule has 0 spiro atoms. The lowest BCUT2D eigenvalue weighted by Crippen LogP contribution is -2.65. The number of carbonyl (C=O) groups is 2. The van der Waals surface area contributed by atoms with Gasteiger partial charge in [0.2, 0.25) is 11.8 Å². The molecule has 2 aromatic rings. The Morgan fingerprint density at radius 3 is 2.24 bits per heavy atom. The molecule has 152 valence electrons. The number of benzene rings is 2. The van der Waals surface area contributed by atoms with Crippen molar-refractivity contribution in [2.24, 2.45) is 11.8 Å². The second kappa shape index (κ2) is 8.19. The Hall–Kier alpha value is -2.33. The summed E-state index contributed by atoms with van der Waals surface area (Å²) >= 11 is 6.01. The molecule has 0 aromatic heterocycles. The van der Waals surface area contributed by atoms with Crippen LogP contribution in [0.2, 0.25) is 5.02 Å². The van der Waals surface area contributed by atoms with Crippen LogP contribution in [0.1, 0.15) is 37.0 Å². The first-order chi connectivity index (χ1) is 13.9. The maximum Gasteiger partial charge on any atom is 0.246 e. The standard InChI is InChI=1S/C24H27ClN2O2/c1-15(2)11-21-23(28)26-22(19-12-17-5-3-4-6-18(17)13-19)24(29)27(21)14-16-7-9-20(25)10-8-16/h3-10,15,19,21-22H,11-14H2,1-2H3,(H,26,28). The summed E-state index contributed by atoms with van der Waals surface area (Å²) in [6, 6.07) is 14.9. The fraction of sp³-hybridized carbons (Fsp3) is 0.417. The number of nitrogens with zero attached hydrogens (tertiary/aromatic N) is 1.